The molecule has 0 fully saturated rings. The van der Waals surface area contributed by atoms with Gasteiger partial charge in [-0.3, -0.25) is 4.79 Å². The van der Waals surface area contributed by atoms with Crippen molar-refractivity contribution in [2.45, 2.75) is 13.0 Å². The first-order valence-corrected chi connectivity index (χ1v) is 5.72. The molecule has 0 spiro atoms. The maximum Gasteiger partial charge on any atom is 0.256 e. The van der Waals surface area contributed by atoms with Crippen LogP contribution in [0.1, 0.15) is 0 Å². The number of benzene rings is 1. The summed E-state index contributed by atoms with van der Waals surface area (Å²) in [5.74, 6) is -0.697. The van der Waals surface area contributed by atoms with Gasteiger partial charge in [0, 0.05) is 32.7 Å². The molecule has 0 aliphatic heterocycles. The second-order valence-electron chi connectivity index (χ2n) is 3.76. The SMILES string of the molecule is O=c1cc[c-]c(-c2c(F)cccc2Cl)n1CC(F)F.[Y]. The van der Waals surface area contributed by atoms with Crippen LogP contribution in [0.5, 0.6) is 0 Å². The van der Waals surface area contributed by atoms with Gasteiger partial charge in [-0.15, -0.1) is 0 Å². The smallest absolute Gasteiger partial charge is 0.256 e. The Hall–Kier alpha value is -0.646. The molecular weight excluding hydrogens is 368 g/mol. The number of aromatic nitrogens is 1. The van der Waals surface area contributed by atoms with E-state index in [0.717, 1.165) is 16.7 Å². The van der Waals surface area contributed by atoms with E-state index in [4.69, 9.17) is 11.6 Å². The normalized spacial score (nSPS) is 10.4. The average Bonchev–Trinajstić information content (AvgIpc) is 2.32. The Morgan fingerprint density at radius 3 is 2.60 bits per heavy atom. The predicted molar refractivity (Wildman–Crippen MR) is 65.9 cm³/mol. The summed E-state index contributed by atoms with van der Waals surface area (Å²) in [6, 6.07) is 8.86. The third-order valence-corrected chi connectivity index (χ3v) is 2.82. The standard InChI is InChI=1S/C13H8ClF3NO.Y/c14-8-3-1-4-9(15)13(8)10-5-2-6-12(19)18(10)7-11(16)17;/h1-4,6,11H,7H2;/q-1;. The summed E-state index contributed by atoms with van der Waals surface area (Å²) in [7, 11) is 0. The van der Waals surface area contributed by atoms with E-state index in [1.54, 1.807) is 0 Å². The largest absolute Gasteiger partial charge is 0.336 e. The Labute approximate surface area is 143 Å². The van der Waals surface area contributed by atoms with E-state index >= 15 is 0 Å². The van der Waals surface area contributed by atoms with Gasteiger partial charge in [-0.05, 0) is 16.7 Å². The van der Waals surface area contributed by atoms with Gasteiger partial charge in [-0.25, -0.2) is 13.2 Å². The summed E-state index contributed by atoms with van der Waals surface area (Å²) in [5, 5.41) is 0.0323. The van der Waals surface area contributed by atoms with Crippen molar-refractivity contribution in [2.24, 2.45) is 0 Å². The van der Waals surface area contributed by atoms with Crippen molar-refractivity contribution in [3.63, 3.8) is 0 Å². The summed E-state index contributed by atoms with van der Waals surface area (Å²) in [6.45, 7) is -0.837. The monoisotopic (exact) mass is 375 g/mol. The summed E-state index contributed by atoms with van der Waals surface area (Å²) >= 11 is 5.86. The van der Waals surface area contributed by atoms with Crippen LogP contribution in [0.15, 0.2) is 35.1 Å². The Kier molecular flexibility index (Phi) is 6.43. The summed E-state index contributed by atoms with van der Waals surface area (Å²) in [5.41, 5.74) is -0.855. The van der Waals surface area contributed by atoms with E-state index in [1.807, 2.05) is 0 Å². The van der Waals surface area contributed by atoms with Gasteiger partial charge in [0.05, 0.1) is 12.4 Å². The van der Waals surface area contributed by atoms with E-state index in [-0.39, 0.29) is 49.0 Å². The van der Waals surface area contributed by atoms with Gasteiger partial charge < -0.3 is 4.57 Å². The molecule has 1 aromatic carbocycles. The quantitative estimate of drug-likeness (QED) is 0.754. The van der Waals surface area contributed by atoms with E-state index in [2.05, 4.69) is 6.07 Å². The van der Waals surface area contributed by atoms with Crippen molar-refractivity contribution >= 4 is 11.6 Å². The van der Waals surface area contributed by atoms with Gasteiger partial charge in [0.25, 0.3) is 6.43 Å². The van der Waals surface area contributed by atoms with Crippen LogP contribution in [-0.2, 0) is 39.3 Å². The number of hydrogen-bond acceptors (Lipinski definition) is 1. The summed E-state index contributed by atoms with van der Waals surface area (Å²) < 4.78 is 39.5. The minimum atomic E-state index is -2.74. The van der Waals surface area contributed by atoms with Crippen molar-refractivity contribution in [3.8, 4) is 11.3 Å². The number of halogens is 4. The molecule has 0 unspecified atom stereocenters. The fourth-order valence-electron chi connectivity index (χ4n) is 1.72. The van der Waals surface area contributed by atoms with Crippen LogP contribution in [0.4, 0.5) is 13.2 Å². The molecule has 0 bridgehead atoms. The maximum absolute atomic E-state index is 13.8. The average molecular weight is 376 g/mol. The number of nitrogens with zero attached hydrogens (tertiary/aromatic N) is 1. The van der Waals surface area contributed by atoms with Crippen molar-refractivity contribution in [1.82, 2.24) is 4.57 Å². The molecule has 1 radical (unpaired) electrons. The van der Waals surface area contributed by atoms with E-state index in [9.17, 15) is 18.0 Å². The molecule has 2 rings (SSSR count). The molecule has 2 aromatic rings. The number of hydrogen-bond donors (Lipinski definition) is 0. The fourth-order valence-corrected chi connectivity index (χ4v) is 1.97. The third kappa shape index (κ3) is 3.71. The Bertz CT molecular complexity index is 640. The molecule has 2 nitrogen and oxygen atoms in total. The molecule has 0 saturated carbocycles. The second-order valence-corrected chi connectivity index (χ2v) is 4.17. The fraction of sp³-hybridized carbons (Fsp3) is 0.154. The van der Waals surface area contributed by atoms with Crippen LogP contribution in [0.3, 0.4) is 0 Å². The Morgan fingerprint density at radius 1 is 1.30 bits per heavy atom. The maximum atomic E-state index is 13.8. The molecule has 0 N–H and O–H groups in total. The summed E-state index contributed by atoms with van der Waals surface area (Å²) in [4.78, 5) is 11.6. The molecule has 1 heterocycles. The number of rotatable bonds is 3. The zero-order valence-electron chi connectivity index (χ0n) is 10.1. The minimum Gasteiger partial charge on any atom is -0.336 e. The third-order valence-electron chi connectivity index (χ3n) is 2.50. The molecule has 0 saturated heterocycles. The van der Waals surface area contributed by atoms with Crippen LogP contribution in [0, 0.1) is 11.9 Å². The zero-order valence-corrected chi connectivity index (χ0v) is 13.7. The molecule has 7 heteroatoms. The molecule has 0 amide bonds. The molecule has 1 aromatic heterocycles. The van der Waals surface area contributed by atoms with E-state index in [1.165, 1.54) is 18.2 Å². The van der Waals surface area contributed by atoms with Crippen LogP contribution in [0.25, 0.3) is 11.3 Å². The van der Waals surface area contributed by atoms with Gasteiger partial charge in [0.15, 0.2) is 5.56 Å². The van der Waals surface area contributed by atoms with Gasteiger partial charge >= 0.3 is 0 Å². The second kappa shape index (κ2) is 7.39. The van der Waals surface area contributed by atoms with Gasteiger partial charge in [0.2, 0.25) is 0 Å². The number of alkyl halides is 2. The molecule has 0 aliphatic rings. The van der Waals surface area contributed by atoms with E-state index in [0.29, 0.717) is 0 Å². The van der Waals surface area contributed by atoms with Gasteiger partial charge in [0.1, 0.15) is 0 Å². The van der Waals surface area contributed by atoms with Gasteiger partial charge in [-0.1, -0.05) is 35.5 Å². The molecule has 20 heavy (non-hydrogen) atoms. The van der Waals surface area contributed by atoms with Crippen LogP contribution in [0.2, 0.25) is 5.02 Å². The van der Waals surface area contributed by atoms with Gasteiger partial charge in [-0.2, -0.15) is 12.1 Å². The van der Waals surface area contributed by atoms with Crippen molar-refractivity contribution in [2.75, 3.05) is 0 Å². The first kappa shape index (κ1) is 17.4. The van der Waals surface area contributed by atoms with Crippen molar-refractivity contribution in [3.05, 3.63) is 57.6 Å². The number of pyridine rings is 1. The first-order valence-electron chi connectivity index (χ1n) is 5.34. The van der Waals surface area contributed by atoms with Crippen molar-refractivity contribution in [1.29, 1.82) is 0 Å². The van der Waals surface area contributed by atoms with Crippen LogP contribution < -0.4 is 5.56 Å². The molecular formula is C13H8ClF3NOY-. The predicted octanol–water partition coefficient (Wildman–Crippen LogP) is 3.37. The van der Waals surface area contributed by atoms with Crippen LogP contribution >= 0.6 is 11.6 Å². The summed E-state index contributed by atoms with van der Waals surface area (Å²) in [6.07, 6.45) is -2.74. The molecule has 0 atom stereocenters. The van der Waals surface area contributed by atoms with Crippen molar-refractivity contribution < 1.29 is 45.9 Å². The van der Waals surface area contributed by atoms with Crippen LogP contribution in [-0.4, -0.2) is 11.0 Å². The minimum absolute atomic E-state index is 0. The molecule has 103 valence electrons. The Morgan fingerprint density at radius 2 is 2.00 bits per heavy atom. The van der Waals surface area contributed by atoms with E-state index < -0.39 is 24.3 Å². The Balaban J connectivity index is 0.00000200. The topological polar surface area (TPSA) is 22.0 Å². The molecule has 0 aliphatic carbocycles. The first-order chi connectivity index (χ1) is 9.00. The zero-order chi connectivity index (χ0) is 14.0.